The first-order valence-electron chi connectivity index (χ1n) is 6.32. The van der Waals surface area contributed by atoms with Gasteiger partial charge in [-0.3, -0.25) is 0 Å². The lowest BCUT2D eigenvalue weighted by Crippen LogP contribution is -1.85. The Labute approximate surface area is 128 Å². The van der Waals surface area contributed by atoms with Gasteiger partial charge in [0.2, 0.25) is 0 Å². The summed E-state index contributed by atoms with van der Waals surface area (Å²) in [5.41, 5.74) is 0.803. The lowest BCUT2D eigenvalue weighted by molar-refractivity contribution is 0.415. The maximum absolute atomic E-state index is 13.4. The van der Waals surface area contributed by atoms with Crippen LogP contribution in [0.5, 0.6) is 5.75 Å². The van der Waals surface area contributed by atoms with E-state index in [4.69, 9.17) is 16.3 Å². The lowest BCUT2D eigenvalue weighted by atomic mass is 10.1. The average molecular weight is 318 g/mol. The number of aromatic nitrogens is 1. The molecule has 0 unspecified atom stereocenters. The molecule has 0 amide bonds. The molecule has 0 aliphatic carbocycles. The van der Waals surface area contributed by atoms with Gasteiger partial charge in [0.15, 0.2) is 0 Å². The molecule has 104 valence electrons. The van der Waals surface area contributed by atoms with Crippen LogP contribution in [0.15, 0.2) is 36.4 Å². The van der Waals surface area contributed by atoms with Crippen molar-refractivity contribution in [3.05, 3.63) is 47.4 Å². The van der Waals surface area contributed by atoms with Crippen molar-refractivity contribution in [1.29, 1.82) is 0 Å². The van der Waals surface area contributed by atoms with Crippen LogP contribution in [0.2, 0.25) is 5.15 Å². The van der Waals surface area contributed by atoms with Gasteiger partial charge < -0.3 is 4.74 Å². The molecule has 2 nitrogen and oxygen atoms in total. The number of hydrogen-bond donors (Lipinski definition) is 0. The van der Waals surface area contributed by atoms with E-state index >= 15 is 0 Å². The predicted molar refractivity (Wildman–Crippen MR) is 86.2 cm³/mol. The van der Waals surface area contributed by atoms with Gasteiger partial charge in [0.05, 0.1) is 17.3 Å². The van der Waals surface area contributed by atoms with E-state index < -0.39 is 0 Å². The Morgan fingerprint density at radius 2 is 2.00 bits per heavy atom. The van der Waals surface area contributed by atoms with E-state index in [0.717, 1.165) is 36.8 Å². The summed E-state index contributed by atoms with van der Waals surface area (Å²) in [4.78, 5) is 4.42. The summed E-state index contributed by atoms with van der Waals surface area (Å²) >= 11 is 7.75. The van der Waals surface area contributed by atoms with Crippen molar-refractivity contribution in [2.75, 3.05) is 7.11 Å². The Hall–Kier alpha value is -1.91. The minimum atomic E-state index is -0.250. The molecule has 0 N–H and O–H groups in total. The second-order valence-electron chi connectivity index (χ2n) is 4.73. The highest BCUT2D eigenvalue weighted by Gasteiger charge is 2.14. The van der Waals surface area contributed by atoms with Gasteiger partial charge in [-0.2, -0.15) is 0 Å². The van der Waals surface area contributed by atoms with Crippen molar-refractivity contribution < 1.29 is 9.13 Å². The average Bonchev–Trinajstić information content (AvgIpc) is 2.86. The third-order valence-electron chi connectivity index (χ3n) is 3.53. The Morgan fingerprint density at radius 1 is 1.14 bits per heavy atom. The molecular formula is C16H9ClFNOS. The maximum atomic E-state index is 13.4. The highest BCUT2D eigenvalue weighted by Crippen LogP contribution is 2.41. The second-order valence-corrected chi connectivity index (χ2v) is 6.14. The standard InChI is InChI=1S/C16H9ClFNOS/c1-20-9-3-5-12-11(7-9)14-10-4-2-8(18)6-13(10)21-15(14)16(17)19-12/h2-7H,1H3. The third-order valence-corrected chi connectivity index (χ3v) is 5.08. The SMILES string of the molecule is COc1ccc2nc(Cl)c3sc4cc(F)ccc4c3c2c1. The highest BCUT2D eigenvalue weighted by molar-refractivity contribution is 7.26. The summed E-state index contributed by atoms with van der Waals surface area (Å²) < 4.78 is 20.5. The molecule has 0 bridgehead atoms. The van der Waals surface area contributed by atoms with Gasteiger partial charge in [-0.25, -0.2) is 9.37 Å². The molecule has 0 aliphatic heterocycles. The van der Waals surface area contributed by atoms with Crippen LogP contribution in [-0.4, -0.2) is 12.1 Å². The summed E-state index contributed by atoms with van der Waals surface area (Å²) in [5.74, 6) is 0.509. The van der Waals surface area contributed by atoms with Crippen molar-refractivity contribution >= 4 is 54.0 Å². The Morgan fingerprint density at radius 3 is 2.81 bits per heavy atom. The van der Waals surface area contributed by atoms with Crippen LogP contribution in [-0.2, 0) is 0 Å². The number of halogens is 2. The summed E-state index contributed by atoms with van der Waals surface area (Å²) in [6.07, 6.45) is 0. The maximum Gasteiger partial charge on any atom is 0.147 e. The molecule has 0 fully saturated rings. The zero-order chi connectivity index (χ0) is 14.6. The van der Waals surface area contributed by atoms with Crippen molar-refractivity contribution in [3.8, 4) is 5.75 Å². The molecule has 0 radical (unpaired) electrons. The first-order chi connectivity index (χ1) is 10.2. The minimum Gasteiger partial charge on any atom is -0.497 e. The van der Waals surface area contributed by atoms with Gasteiger partial charge in [-0.1, -0.05) is 11.6 Å². The fraction of sp³-hybridized carbons (Fsp3) is 0.0625. The van der Waals surface area contributed by atoms with E-state index in [0.29, 0.717) is 5.15 Å². The molecule has 4 aromatic rings. The van der Waals surface area contributed by atoms with Crippen LogP contribution >= 0.6 is 22.9 Å². The molecule has 5 heteroatoms. The quantitative estimate of drug-likeness (QED) is 0.438. The highest BCUT2D eigenvalue weighted by atomic mass is 35.5. The zero-order valence-corrected chi connectivity index (χ0v) is 12.6. The summed E-state index contributed by atoms with van der Waals surface area (Å²) in [7, 11) is 1.63. The number of methoxy groups -OCH3 is 1. The van der Waals surface area contributed by atoms with E-state index in [1.165, 1.54) is 23.5 Å². The molecule has 0 saturated heterocycles. The first kappa shape index (κ1) is 12.8. The number of hydrogen-bond acceptors (Lipinski definition) is 3. The van der Waals surface area contributed by atoms with Crippen LogP contribution in [0.25, 0.3) is 31.1 Å². The normalized spacial score (nSPS) is 11.6. The van der Waals surface area contributed by atoms with Crippen molar-refractivity contribution in [2.24, 2.45) is 0 Å². The van der Waals surface area contributed by atoms with E-state index in [9.17, 15) is 4.39 Å². The first-order valence-corrected chi connectivity index (χ1v) is 7.52. The number of ether oxygens (including phenoxy) is 1. The van der Waals surface area contributed by atoms with E-state index in [-0.39, 0.29) is 5.82 Å². The van der Waals surface area contributed by atoms with Crippen molar-refractivity contribution in [3.63, 3.8) is 0 Å². The predicted octanol–water partition coefficient (Wildman–Crippen LogP) is 5.40. The van der Waals surface area contributed by atoms with Gasteiger partial charge in [-0.05, 0) is 36.4 Å². The largest absolute Gasteiger partial charge is 0.497 e. The molecule has 2 aromatic heterocycles. The summed E-state index contributed by atoms with van der Waals surface area (Å²) in [6, 6.07) is 10.5. The molecular weight excluding hydrogens is 309 g/mol. The molecule has 2 aromatic carbocycles. The molecule has 2 heterocycles. The Balaban J connectivity index is 2.28. The summed E-state index contributed by atoms with van der Waals surface area (Å²) in [6.45, 7) is 0. The van der Waals surface area contributed by atoms with Crippen molar-refractivity contribution in [1.82, 2.24) is 4.98 Å². The van der Waals surface area contributed by atoms with Crippen LogP contribution in [0.3, 0.4) is 0 Å². The van der Waals surface area contributed by atoms with Crippen molar-refractivity contribution in [2.45, 2.75) is 0 Å². The number of thiophene rings is 1. The van der Waals surface area contributed by atoms with Gasteiger partial charge in [0, 0.05) is 20.9 Å². The Kier molecular flexibility index (Phi) is 2.77. The second kappa shape index (κ2) is 4.55. The molecule has 4 rings (SSSR count). The van der Waals surface area contributed by atoms with Gasteiger partial charge in [0.1, 0.15) is 16.7 Å². The lowest BCUT2D eigenvalue weighted by Gasteiger charge is -2.05. The third kappa shape index (κ3) is 1.87. The Bertz CT molecular complexity index is 1010. The molecule has 0 saturated carbocycles. The fourth-order valence-electron chi connectivity index (χ4n) is 2.58. The van der Waals surface area contributed by atoms with Crippen LogP contribution in [0.1, 0.15) is 0 Å². The van der Waals surface area contributed by atoms with Crippen LogP contribution < -0.4 is 4.74 Å². The molecule has 21 heavy (non-hydrogen) atoms. The van der Waals surface area contributed by atoms with Crippen LogP contribution in [0, 0.1) is 5.82 Å². The zero-order valence-electron chi connectivity index (χ0n) is 11.0. The minimum absolute atomic E-state index is 0.250. The number of rotatable bonds is 1. The number of benzene rings is 2. The van der Waals surface area contributed by atoms with E-state index in [1.807, 2.05) is 18.2 Å². The van der Waals surface area contributed by atoms with Crippen LogP contribution in [0.4, 0.5) is 4.39 Å². The fourth-order valence-corrected chi connectivity index (χ4v) is 4.00. The number of fused-ring (bicyclic) bond motifs is 5. The smallest absolute Gasteiger partial charge is 0.147 e. The topological polar surface area (TPSA) is 22.1 Å². The van der Waals surface area contributed by atoms with E-state index in [2.05, 4.69) is 4.98 Å². The monoisotopic (exact) mass is 317 g/mol. The van der Waals surface area contributed by atoms with Gasteiger partial charge in [-0.15, -0.1) is 11.3 Å². The van der Waals surface area contributed by atoms with Gasteiger partial charge >= 0.3 is 0 Å². The summed E-state index contributed by atoms with van der Waals surface area (Å²) in [5, 5.41) is 3.40. The molecule has 0 atom stereocenters. The molecule has 0 spiro atoms. The van der Waals surface area contributed by atoms with E-state index in [1.54, 1.807) is 13.2 Å². The van der Waals surface area contributed by atoms with Gasteiger partial charge in [0.25, 0.3) is 0 Å². The number of pyridine rings is 1. The number of nitrogens with zero attached hydrogens (tertiary/aromatic N) is 1. The molecule has 0 aliphatic rings.